The second-order valence-corrected chi connectivity index (χ2v) is 8.69. The van der Waals surface area contributed by atoms with Crippen molar-refractivity contribution in [3.05, 3.63) is 77.6 Å². The van der Waals surface area contributed by atoms with Gasteiger partial charge < -0.3 is 14.0 Å². The third kappa shape index (κ3) is 3.33. The maximum absolute atomic E-state index is 14.4. The highest BCUT2D eigenvalue weighted by Gasteiger charge is 2.39. The Labute approximate surface area is 173 Å². The van der Waals surface area contributed by atoms with Gasteiger partial charge >= 0.3 is 0 Å². The van der Waals surface area contributed by atoms with E-state index in [1.54, 1.807) is 18.2 Å². The molecule has 4 rings (SSSR count). The molecule has 30 heavy (non-hydrogen) atoms. The van der Waals surface area contributed by atoms with Crippen LogP contribution in [0.15, 0.2) is 59.6 Å². The molecule has 2 heterocycles. The first-order valence-corrected chi connectivity index (χ1v) is 10.6. The van der Waals surface area contributed by atoms with E-state index in [1.807, 2.05) is 22.9 Å². The monoisotopic (exact) mass is 434 g/mol. The van der Waals surface area contributed by atoms with Crippen LogP contribution in [0.1, 0.15) is 17.3 Å². The molecule has 1 atom stereocenters. The average molecular weight is 434 g/mol. The molecule has 1 unspecified atom stereocenters. The first kappa shape index (κ1) is 20.4. The number of hydrogen-bond donors (Lipinski definition) is 0. The van der Waals surface area contributed by atoms with Crippen LogP contribution in [0.4, 0.5) is 8.78 Å². The van der Waals surface area contributed by atoms with Gasteiger partial charge in [0.25, 0.3) is 0 Å². The van der Waals surface area contributed by atoms with E-state index in [9.17, 15) is 17.2 Å². The van der Waals surface area contributed by atoms with Crippen LogP contribution in [-0.4, -0.2) is 38.1 Å². The second-order valence-electron chi connectivity index (χ2n) is 6.83. The van der Waals surface area contributed by atoms with E-state index in [-0.39, 0.29) is 6.54 Å². The number of benzene rings is 2. The fourth-order valence-corrected chi connectivity index (χ4v) is 5.42. The van der Waals surface area contributed by atoms with Gasteiger partial charge in [-0.3, -0.25) is 0 Å². The smallest absolute Gasteiger partial charge is 0.246 e. The zero-order chi connectivity index (χ0) is 21.5. The van der Waals surface area contributed by atoms with Crippen molar-refractivity contribution in [1.29, 1.82) is 0 Å². The Morgan fingerprint density at radius 3 is 2.43 bits per heavy atom. The minimum Gasteiger partial charge on any atom is -0.493 e. The lowest BCUT2D eigenvalue weighted by Gasteiger charge is -2.36. The van der Waals surface area contributed by atoms with Crippen molar-refractivity contribution >= 4 is 10.0 Å². The largest absolute Gasteiger partial charge is 0.493 e. The summed E-state index contributed by atoms with van der Waals surface area (Å²) in [4.78, 5) is -0.561. The summed E-state index contributed by atoms with van der Waals surface area (Å²) >= 11 is 0. The van der Waals surface area contributed by atoms with Crippen LogP contribution in [0.3, 0.4) is 0 Å². The molecule has 0 amide bonds. The van der Waals surface area contributed by atoms with E-state index in [2.05, 4.69) is 0 Å². The molecule has 0 fully saturated rings. The fraction of sp³-hybridized carbons (Fsp3) is 0.238. The van der Waals surface area contributed by atoms with Crippen molar-refractivity contribution in [3.63, 3.8) is 0 Å². The van der Waals surface area contributed by atoms with Gasteiger partial charge in [-0.1, -0.05) is 6.07 Å². The molecule has 0 saturated heterocycles. The molecule has 0 aliphatic carbocycles. The first-order valence-electron chi connectivity index (χ1n) is 9.20. The van der Waals surface area contributed by atoms with E-state index >= 15 is 0 Å². The molecule has 6 nitrogen and oxygen atoms in total. The van der Waals surface area contributed by atoms with Gasteiger partial charge in [-0.15, -0.1) is 0 Å². The van der Waals surface area contributed by atoms with Crippen LogP contribution >= 0.6 is 0 Å². The Morgan fingerprint density at radius 2 is 1.73 bits per heavy atom. The van der Waals surface area contributed by atoms with Gasteiger partial charge in [0.1, 0.15) is 16.5 Å². The summed E-state index contributed by atoms with van der Waals surface area (Å²) in [5.41, 5.74) is 1.37. The lowest BCUT2D eigenvalue weighted by atomic mass is 10.0. The number of methoxy groups -OCH3 is 2. The van der Waals surface area contributed by atoms with Crippen LogP contribution in [0, 0.1) is 11.6 Å². The lowest BCUT2D eigenvalue weighted by molar-refractivity contribution is 0.295. The van der Waals surface area contributed by atoms with Crippen LogP contribution in [0.2, 0.25) is 0 Å². The van der Waals surface area contributed by atoms with Crippen molar-refractivity contribution in [2.24, 2.45) is 0 Å². The number of fused-ring (bicyclic) bond motifs is 1. The van der Waals surface area contributed by atoms with Crippen LogP contribution in [0.5, 0.6) is 11.5 Å². The van der Waals surface area contributed by atoms with Crippen molar-refractivity contribution in [2.75, 3.05) is 20.8 Å². The zero-order valence-corrected chi connectivity index (χ0v) is 17.2. The van der Waals surface area contributed by atoms with Gasteiger partial charge in [-0.05, 0) is 42.0 Å². The summed E-state index contributed by atoms with van der Waals surface area (Å²) in [6, 6.07) is 10.6. The molecular formula is C21H20F2N2O4S. The van der Waals surface area contributed by atoms with E-state index < -0.39 is 32.6 Å². The van der Waals surface area contributed by atoms with Crippen molar-refractivity contribution in [3.8, 4) is 11.5 Å². The highest BCUT2D eigenvalue weighted by Crippen LogP contribution is 2.40. The minimum absolute atomic E-state index is 0.125. The Bertz CT molecular complexity index is 1190. The number of rotatable bonds is 5. The molecule has 0 bridgehead atoms. The quantitative estimate of drug-likeness (QED) is 0.616. The maximum atomic E-state index is 14.4. The molecule has 0 N–H and O–H groups in total. The van der Waals surface area contributed by atoms with E-state index in [0.717, 1.165) is 17.8 Å². The minimum atomic E-state index is -4.26. The van der Waals surface area contributed by atoms with Crippen LogP contribution in [0.25, 0.3) is 0 Å². The number of nitrogens with zero attached hydrogens (tertiary/aromatic N) is 2. The molecule has 3 aromatic rings. The Morgan fingerprint density at radius 1 is 0.967 bits per heavy atom. The fourth-order valence-electron chi connectivity index (χ4n) is 3.79. The van der Waals surface area contributed by atoms with E-state index in [0.29, 0.717) is 29.7 Å². The second kappa shape index (κ2) is 7.73. The molecule has 9 heteroatoms. The lowest BCUT2D eigenvalue weighted by Crippen LogP contribution is -2.42. The summed E-state index contributed by atoms with van der Waals surface area (Å²) in [7, 11) is -1.25. The third-order valence-corrected chi connectivity index (χ3v) is 7.10. The molecule has 0 spiro atoms. The van der Waals surface area contributed by atoms with E-state index in [4.69, 9.17) is 9.47 Å². The number of aromatic nitrogens is 1. The normalized spacial score (nSPS) is 16.9. The number of ether oxygens (including phenoxy) is 2. The molecule has 0 saturated carbocycles. The van der Waals surface area contributed by atoms with E-state index in [1.165, 1.54) is 18.5 Å². The average Bonchev–Trinajstić information content (AvgIpc) is 3.21. The van der Waals surface area contributed by atoms with Crippen molar-refractivity contribution in [2.45, 2.75) is 17.5 Å². The first-order chi connectivity index (χ1) is 14.4. The highest BCUT2D eigenvalue weighted by atomic mass is 32.2. The van der Waals surface area contributed by atoms with Gasteiger partial charge in [-0.2, -0.15) is 4.31 Å². The summed E-state index contributed by atoms with van der Waals surface area (Å²) in [5, 5.41) is 0. The predicted octanol–water partition coefficient (Wildman–Crippen LogP) is 3.58. The van der Waals surface area contributed by atoms with Gasteiger partial charge in [0.2, 0.25) is 10.0 Å². The van der Waals surface area contributed by atoms with Gasteiger partial charge in [0.15, 0.2) is 11.5 Å². The summed E-state index contributed by atoms with van der Waals surface area (Å²) in [6.45, 7) is 0.536. The van der Waals surface area contributed by atoms with Crippen molar-refractivity contribution < 1.29 is 26.7 Å². The molecule has 2 aromatic carbocycles. The number of hydrogen-bond acceptors (Lipinski definition) is 4. The molecular weight excluding hydrogens is 414 g/mol. The van der Waals surface area contributed by atoms with Gasteiger partial charge in [0.05, 0.1) is 20.3 Å². The molecule has 1 aromatic heterocycles. The summed E-state index contributed by atoms with van der Waals surface area (Å²) in [6.07, 6.45) is 1.87. The summed E-state index contributed by atoms with van der Waals surface area (Å²) < 4.78 is 68.4. The number of sulfonamides is 1. The van der Waals surface area contributed by atoms with Crippen molar-refractivity contribution in [1.82, 2.24) is 8.87 Å². The SMILES string of the molecule is COc1ccc(C2c3cccn3CCN2S(=O)(=O)c2ccc(F)cc2F)cc1OC. The van der Waals surface area contributed by atoms with Crippen LogP contribution < -0.4 is 9.47 Å². The maximum Gasteiger partial charge on any atom is 0.246 e. The highest BCUT2D eigenvalue weighted by molar-refractivity contribution is 7.89. The predicted molar refractivity (Wildman–Crippen MR) is 106 cm³/mol. The van der Waals surface area contributed by atoms with Crippen LogP contribution in [-0.2, 0) is 16.6 Å². The third-order valence-electron chi connectivity index (χ3n) is 5.20. The Kier molecular flexibility index (Phi) is 5.25. The molecule has 1 aliphatic rings. The molecule has 1 aliphatic heterocycles. The van der Waals surface area contributed by atoms with Gasteiger partial charge in [-0.25, -0.2) is 17.2 Å². The Hall–Kier alpha value is -2.91. The topological polar surface area (TPSA) is 60.8 Å². The van der Waals surface area contributed by atoms with Gasteiger partial charge in [0, 0.05) is 31.0 Å². The summed E-state index contributed by atoms with van der Waals surface area (Å²) in [5.74, 6) is -1.01. The number of halogens is 2. The standard InChI is InChI=1S/C21H20F2N2O4S/c1-28-18-7-5-14(12-19(18)29-2)21-17-4-3-9-24(17)10-11-25(21)30(26,27)20-8-6-15(22)13-16(20)23/h3-9,12-13,21H,10-11H2,1-2H3. The molecule has 0 radical (unpaired) electrons. The zero-order valence-electron chi connectivity index (χ0n) is 16.4. The Balaban J connectivity index is 1.87. The molecule has 158 valence electrons.